The van der Waals surface area contributed by atoms with Gasteiger partial charge in [-0.15, -0.1) is 0 Å². The molecule has 2 heterocycles. The molecule has 4 aromatic rings. The normalized spacial score (nSPS) is 15.1. The number of hydrogen-bond acceptors (Lipinski definition) is 5. The maximum Gasteiger partial charge on any atom is 0.290 e. The number of fused-ring (bicyclic) bond motifs is 2. The van der Waals surface area contributed by atoms with Crippen LogP contribution in [0, 0.1) is 0 Å². The van der Waals surface area contributed by atoms with Crippen LogP contribution in [0.15, 0.2) is 88.1 Å². The van der Waals surface area contributed by atoms with Gasteiger partial charge in [-0.2, -0.15) is 0 Å². The smallest absolute Gasteiger partial charge is 0.290 e. The number of carbonyl (C=O) groups excluding carboxylic acids is 1. The van der Waals surface area contributed by atoms with Gasteiger partial charge in [0.1, 0.15) is 17.9 Å². The quantitative estimate of drug-likeness (QED) is 0.369. The molecular formula is C29H28N2O4. The molecule has 0 saturated heterocycles. The molecule has 5 rings (SSSR count). The van der Waals surface area contributed by atoms with Crippen molar-refractivity contribution in [3.8, 4) is 5.75 Å². The van der Waals surface area contributed by atoms with Gasteiger partial charge in [0.25, 0.3) is 5.91 Å². The Morgan fingerprint density at radius 1 is 0.914 bits per heavy atom. The zero-order valence-corrected chi connectivity index (χ0v) is 19.9. The number of rotatable bonds is 8. The number of amides is 1. The van der Waals surface area contributed by atoms with Crippen LogP contribution in [-0.2, 0) is 6.61 Å². The Morgan fingerprint density at radius 2 is 1.63 bits per heavy atom. The van der Waals surface area contributed by atoms with Crippen molar-refractivity contribution >= 4 is 16.9 Å². The van der Waals surface area contributed by atoms with Crippen molar-refractivity contribution in [3.63, 3.8) is 0 Å². The highest BCUT2D eigenvalue weighted by atomic mass is 16.5. The highest BCUT2D eigenvalue weighted by molar-refractivity contribution is 5.99. The first-order chi connectivity index (χ1) is 17.0. The predicted octanol–water partition coefficient (Wildman–Crippen LogP) is 4.87. The molecule has 0 radical (unpaired) electrons. The van der Waals surface area contributed by atoms with E-state index in [1.165, 1.54) is 0 Å². The zero-order valence-electron chi connectivity index (χ0n) is 19.9. The zero-order chi connectivity index (χ0) is 24.4. The third-order valence-corrected chi connectivity index (χ3v) is 6.32. The highest BCUT2D eigenvalue weighted by Gasteiger charge is 2.42. The van der Waals surface area contributed by atoms with E-state index in [1.807, 2.05) is 74.8 Å². The molecule has 1 amide bonds. The summed E-state index contributed by atoms with van der Waals surface area (Å²) < 4.78 is 11.9. The van der Waals surface area contributed by atoms with E-state index in [9.17, 15) is 9.59 Å². The molecule has 0 aliphatic carbocycles. The van der Waals surface area contributed by atoms with Crippen molar-refractivity contribution in [1.29, 1.82) is 0 Å². The standard InChI is InChI=1S/C29H28N2O4/c1-30(2)17-8-18-31-26(21-13-15-22(16-14-21)34-19-20-9-4-3-5-10-20)25-27(32)23-11-6-7-12-24(23)35-28(25)29(31)33/h3-7,9-16,26H,8,17-19H2,1-2H3. The lowest BCUT2D eigenvalue weighted by Crippen LogP contribution is -2.32. The minimum atomic E-state index is -0.497. The molecule has 1 aromatic heterocycles. The Labute approximate surface area is 204 Å². The second kappa shape index (κ2) is 9.76. The number of carbonyl (C=O) groups is 1. The van der Waals surface area contributed by atoms with Gasteiger partial charge in [-0.1, -0.05) is 54.6 Å². The minimum Gasteiger partial charge on any atom is -0.489 e. The van der Waals surface area contributed by atoms with Crippen molar-refractivity contribution < 1.29 is 13.9 Å². The molecule has 1 aliphatic heterocycles. The first-order valence-electron chi connectivity index (χ1n) is 11.8. The monoisotopic (exact) mass is 468 g/mol. The molecule has 0 spiro atoms. The van der Waals surface area contributed by atoms with Gasteiger partial charge in [0, 0.05) is 6.54 Å². The summed E-state index contributed by atoms with van der Waals surface area (Å²) in [6.45, 7) is 1.83. The summed E-state index contributed by atoms with van der Waals surface area (Å²) in [6, 6.07) is 24.2. The van der Waals surface area contributed by atoms with Crippen LogP contribution in [0.5, 0.6) is 5.75 Å². The van der Waals surface area contributed by atoms with Crippen LogP contribution in [-0.4, -0.2) is 42.9 Å². The Bertz CT molecular complexity index is 1390. The van der Waals surface area contributed by atoms with E-state index in [2.05, 4.69) is 4.90 Å². The highest BCUT2D eigenvalue weighted by Crippen LogP contribution is 2.38. The third kappa shape index (κ3) is 4.57. The van der Waals surface area contributed by atoms with Gasteiger partial charge >= 0.3 is 0 Å². The fourth-order valence-electron chi connectivity index (χ4n) is 4.59. The van der Waals surface area contributed by atoms with Crippen LogP contribution < -0.4 is 10.2 Å². The molecule has 0 saturated carbocycles. The average Bonchev–Trinajstić information content (AvgIpc) is 3.15. The number of hydrogen-bond donors (Lipinski definition) is 0. The summed E-state index contributed by atoms with van der Waals surface area (Å²) >= 11 is 0. The summed E-state index contributed by atoms with van der Waals surface area (Å²) in [5, 5.41) is 0.488. The largest absolute Gasteiger partial charge is 0.489 e. The molecular weight excluding hydrogens is 440 g/mol. The second-order valence-electron chi connectivity index (χ2n) is 9.07. The number of para-hydroxylation sites is 1. The SMILES string of the molecule is CN(C)CCCN1C(=O)c2oc3ccccc3c(=O)c2C1c1ccc(OCc2ccccc2)cc1. The van der Waals surface area contributed by atoms with E-state index in [4.69, 9.17) is 9.15 Å². The van der Waals surface area contributed by atoms with Crippen LogP contribution in [0.3, 0.4) is 0 Å². The predicted molar refractivity (Wildman–Crippen MR) is 136 cm³/mol. The molecule has 6 nitrogen and oxygen atoms in total. The molecule has 35 heavy (non-hydrogen) atoms. The van der Waals surface area contributed by atoms with E-state index in [1.54, 1.807) is 23.1 Å². The molecule has 178 valence electrons. The lowest BCUT2D eigenvalue weighted by Gasteiger charge is -2.26. The topological polar surface area (TPSA) is 63.0 Å². The van der Waals surface area contributed by atoms with Gasteiger partial charge in [0.05, 0.1) is 17.0 Å². The number of nitrogens with zero attached hydrogens (tertiary/aromatic N) is 2. The van der Waals surface area contributed by atoms with Crippen molar-refractivity contribution in [1.82, 2.24) is 9.80 Å². The summed E-state index contributed by atoms with van der Waals surface area (Å²) in [4.78, 5) is 30.8. The second-order valence-corrected chi connectivity index (χ2v) is 9.07. The fraction of sp³-hybridized carbons (Fsp3) is 0.241. The fourth-order valence-corrected chi connectivity index (χ4v) is 4.59. The van der Waals surface area contributed by atoms with Crippen molar-refractivity contribution in [2.75, 3.05) is 27.2 Å². The molecule has 1 unspecified atom stereocenters. The van der Waals surface area contributed by atoms with Gasteiger partial charge in [0.15, 0.2) is 5.43 Å². The first-order valence-corrected chi connectivity index (χ1v) is 11.8. The van der Waals surface area contributed by atoms with Crippen LogP contribution in [0.4, 0.5) is 0 Å². The Morgan fingerprint density at radius 3 is 2.37 bits per heavy atom. The summed E-state index contributed by atoms with van der Waals surface area (Å²) in [6.07, 6.45) is 0.787. The van der Waals surface area contributed by atoms with Crippen LogP contribution >= 0.6 is 0 Å². The van der Waals surface area contributed by atoms with Gasteiger partial charge in [-0.05, 0) is 62.5 Å². The molecule has 1 atom stereocenters. The first kappa shape index (κ1) is 22.9. The van der Waals surface area contributed by atoms with E-state index in [0.717, 1.165) is 29.8 Å². The summed E-state index contributed by atoms with van der Waals surface area (Å²) in [5.41, 5.74) is 2.64. The Balaban J connectivity index is 1.49. The lowest BCUT2D eigenvalue weighted by molar-refractivity contribution is 0.0722. The van der Waals surface area contributed by atoms with Crippen LogP contribution in [0.1, 0.15) is 39.7 Å². The van der Waals surface area contributed by atoms with E-state index < -0.39 is 6.04 Å². The lowest BCUT2D eigenvalue weighted by atomic mass is 9.98. The van der Waals surface area contributed by atoms with Crippen molar-refractivity contribution in [2.45, 2.75) is 19.1 Å². The van der Waals surface area contributed by atoms with Gasteiger partial charge in [-0.25, -0.2) is 0 Å². The van der Waals surface area contributed by atoms with Gasteiger partial charge < -0.3 is 19.0 Å². The van der Waals surface area contributed by atoms with Gasteiger partial charge in [-0.3, -0.25) is 9.59 Å². The molecule has 0 N–H and O–H groups in total. The number of benzene rings is 3. The van der Waals surface area contributed by atoms with E-state index in [0.29, 0.717) is 29.7 Å². The minimum absolute atomic E-state index is 0.146. The summed E-state index contributed by atoms with van der Waals surface area (Å²) in [5.74, 6) is 0.635. The maximum atomic E-state index is 13.5. The Hall–Kier alpha value is -3.90. The van der Waals surface area contributed by atoms with Crippen LogP contribution in [0.2, 0.25) is 0 Å². The third-order valence-electron chi connectivity index (χ3n) is 6.32. The van der Waals surface area contributed by atoms with Crippen molar-refractivity contribution in [2.24, 2.45) is 0 Å². The van der Waals surface area contributed by atoms with E-state index in [-0.39, 0.29) is 17.1 Å². The van der Waals surface area contributed by atoms with Crippen molar-refractivity contribution in [3.05, 3.63) is 112 Å². The van der Waals surface area contributed by atoms with E-state index >= 15 is 0 Å². The van der Waals surface area contributed by atoms with Gasteiger partial charge in [0.2, 0.25) is 5.76 Å². The molecule has 0 bridgehead atoms. The Kier molecular flexibility index (Phi) is 6.38. The van der Waals surface area contributed by atoms with Crippen LogP contribution in [0.25, 0.3) is 11.0 Å². The molecule has 0 fully saturated rings. The average molecular weight is 469 g/mol. The molecule has 6 heteroatoms. The maximum absolute atomic E-state index is 13.5. The molecule has 1 aliphatic rings. The number of ether oxygens (including phenoxy) is 1. The molecule has 3 aromatic carbocycles. The summed E-state index contributed by atoms with van der Waals surface area (Å²) in [7, 11) is 4.01.